The fraction of sp³-hybridized carbons (Fsp3) is 0.308. The number of benzene rings is 1. The van der Waals surface area contributed by atoms with Crippen molar-refractivity contribution in [1.82, 2.24) is 19.6 Å². The monoisotopic (exact) mass is 507 g/mol. The molecule has 4 heterocycles. The standard InChI is InChI=1S/C26H25N5O2S.ClH/c1-17-21-15-22(34-25-4-2-3-23(28-17)31(21)25)26(33)29-20-11-13-30(14-12-20)24(32)10-9-18-5-7-19(16-27)8-6-18;/h2-8,15,20H,9-14H2,1H3,(H,29,33);1H. The molecule has 35 heavy (non-hydrogen) atoms. The van der Waals surface area contributed by atoms with Crippen LogP contribution in [0.3, 0.4) is 0 Å². The van der Waals surface area contributed by atoms with Crippen molar-refractivity contribution in [1.29, 1.82) is 5.26 Å². The van der Waals surface area contributed by atoms with Gasteiger partial charge in [-0.25, -0.2) is 4.98 Å². The number of nitrogens with one attached hydrogen (secondary N) is 1. The van der Waals surface area contributed by atoms with Crippen LogP contribution in [0.1, 0.15) is 41.8 Å². The van der Waals surface area contributed by atoms with Gasteiger partial charge in [0.1, 0.15) is 5.65 Å². The van der Waals surface area contributed by atoms with Crippen LogP contribution in [0, 0.1) is 18.3 Å². The molecule has 0 unspecified atom stereocenters. The number of pyridine rings is 1. The third-order valence-corrected chi connectivity index (χ3v) is 7.48. The minimum absolute atomic E-state index is 0. The second-order valence-electron chi connectivity index (χ2n) is 8.69. The molecule has 2 amide bonds. The van der Waals surface area contributed by atoms with E-state index in [1.54, 1.807) is 12.1 Å². The van der Waals surface area contributed by atoms with E-state index in [0.717, 1.165) is 40.5 Å². The number of nitrogens with zero attached hydrogens (tertiary/aromatic N) is 4. The van der Waals surface area contributed by atoms with Crippen LogP contribution in [-0.4, -0.2) is 45.2 Å². The van der Waals surface area contributed by atoms with Crippen LogP contribution >= 0.6 is 24.2 Å². The van der Waals surface area contributed by atoms with E-state index in [4.69, 9.17) is 5.26 Å². The van der Waals surface area contributed by atoms with E-state index >= 15 is 0 Å². The molecule has 1 N–H and O–H groups in total. The lowest BCUT2D eigenvalue weighted by Crippen LogP contribution is -2.46. The molecule has 2 aliphatic heterocycles. The van der Waals surface area contributed by atoms with E-state index in [9.17, 15) is 9.59 Å². The van der Waals surface area contributed by atoms with Gasteiger partial charge < -0.3 is 10.2 Å². The van der Waals surface area contributed by atoms with Crippen molar-refractivity contribution in [3.05, 3.63) is 69.9 Å². The number of halogens is 1. The topological polar surface area (TPSA) is 90.5 Å². The molecule has 5 rings (SSSR count). The quantitative estimate of drug-likeness (QED) is 0.561. The highest BCUT2D eigenvalue weighted by Gasteiger charge is 2.27. The highest BCUT2D eigenvalue weighted by atomic mass is 35.5. The smallest absolute Gasteiger partial charge is 0.258 e. The van der Waals surface area contributed by atoms with Crippen LogP contribution in [0.2, 0.25) is 0 Å². The summed E-state index contributed by atoms with van der Waals surface area (Å²) in [6.45, 7) is 3.26. The molecule has 2 aromatic heterocycles. The van der Waals surface area contributed by atoms with Gasteiger partial charge in [-0.3, -0.25) is 14.0 Å². The number of rotatable bonds is 5. The zero-order valence-corrected chi connectivity index (χ0v) is 21.0. The number of imidazole rings is 1. The number of amides is 2. The minimum Gasteiger partial charge on any atom is -0.349 e. The van der Waals surface area contributed by atoms with Gasteiger partial charge in [-0.05, 0) is 62.1 Å². The molecular weight excluding hydrogens is 482 g/mol. The summed E-state index contributed by atoms with van der Waals surface area (Å²) in [4.78, 5) is 32.8. The first kappa shape index (κ1) is 24.8. The SMILES string of the molecule is Cc1nc2cccc3n2c1C=C(C(=O)NC1CCN(C(=O)CCc2ccc(C#N)cc2)CC1)S3.Cl. The van der Waals surface area contributed by atoms with Crippen molar-refractivity contribution in [2.75, 3.05) is 13.1 Å². The summed E-state index contributed by atoms with van der Waals surface area (Å²) in [6.07, 6.45) is 4.53. The number of hydrogen-bond acceptors (Lipinski definition) is 5. The van der Waals surface area contributed by atoms with Crippen LogP contribution < -0.4 is 5.32 Å². The van der Waals surface area contributed by atoms with Crippen molar-refractivity contribution in [3.63, 3.8) is 0 Å². The van der Waals surface area contributed by atoms with Crippen LogP contribution in [0.4, 0.5) is 0 Å². The number of likely N-dealkylation sites (tertiary alicyclic amines) is 1. The summed E-state index contributed by atoms with van der Waals surface area (Å²) >= 11 is 1.46. The Morgan fingerprint density at radius 3 is 2.63 bits per heavy atom. The maximum Gasteiger partial charge on any atom is 0.258 e. The zero-order chi connectivity index (χ0) is 23.7. The Balaban J connectivity index is 0.00000289. The molecule has 9 heteroatoms. The number of aromatic nitrogens is 2. The lowest BCUT2D eigenvalue weighted by atomic mass is 10.0. The summed E-state index contributed by atoms with van der Waals surface area (Å²) in [5.74, 6) is 0.0657. The average Bonchev–Trinajstić information content (AvgIpc) is 3.19. The van der Waals surface area contributed by atoms with Crippen molar-refractivity contribution in [2.45, 2.75) is 43.7 Å². The highest BCUT2D eigenvalue weighted by molar-refractivity contribution is 8.04. The predicted octanol–water partition coefficient (Wildman–Crippen LogP) is 4.12. The Morgan fingerprint density at radius 2 is 1.91 bits per heavy atom. The largest absolute Gasteiger partial charge is 0.349 e. The number of aryl methyl sites for hydroxylation is 2. The molecule has 0 aliphatic carbocycles. The van der Waals surface area contributed by atoms with E-state index < -0.39 is 0 Å². The Kier molecular flexibility index (Phi) is 7.48. The first-order valence-electron chi connectivity index (χ1n) is 11.5. The van der Waals surface area contributed by atoms with Gasteiger partial charge in [0.15, 0.2) is 0 Å². The predicted molar refractivity (Wildman–Crippen MR) is 138 cm³/mol. The fourth-order valence-corrected chi connectivity index (χ4v) is 5.49. The van der Waals surface area contributed by atoms with Gasteiger partial charge in [0, 0.05) is 25.6 Å². The number of nitriles is 1. The second kappa shape index (κ2) is 10.5. The van der Waals surface area contributed by atoms with Gasteiger partial charge in [0.2, 0.25) is 5.91 Å². The molecular formula is C26H26ClN5O2S. The molecule has 1 saturated heterocycles. The maximum absolute atomic E-state index is 13.0. The maximum atomic E-state index is 13.0. The number of piperidine rings is 1. The minimum atomic E-state index is -0.0700. The van der Waals surface area contributed by atoms with Gasteiger partial charge in [0.05, 0.1) is 33.0 Å². The molecule has 3 aromatic rings. The van der Waals surface area contributed by atoms with Crippen molar-refractivity contribution >= 4 is 47.7 Å². The Hall–Kier alpha value is -3.28. The van der Waals surface area contributed by atoms with E-state index in [1.807, 2.05) is 48.2 Å². The number of carbonyl (C=O) groups is 2. The van der Waals surface area contributed by atoms with Crippen LogP contribution in [0.5, 0.6) is 0 Å². The van der Waals surface area contributed by atoms with E-state index in [0.29, 0.717) is 36.4 Å². The summed E-state index contributed by atoms with van der Waals surface area (Å²) in [6, 6.07) is 15.5. The van der Waals surface area contributed by atoms with Gasteiger partial charge in [-0.2, -0.15) is 5.26 Å². The Labute approximate surface area is 214 Å². The van der Waals surface area contributed by atoms with Crippen molar-refractivity contribution < 1.29 is 9.59 Å². The number of carbonyl (C=O) groups excluding carboxylic acids is 2. The molecule has 180 valence electrons. The van der Waals surface area contributed by atoms with E-state index in [2.05, 4.69) is 20.8 Å². The molecule has 0 spiro atoms. The molecule has 1 fully saturated rings. The van der Waals surface area contributed by atoms with Crippen molar-refractivity contribution in [3.8, 4) is 6.07 Å². The van der Waals surface area contributed by atoms with Gasteiger partial charge in [-0.15, -0.1) is 12.4 Å². The number of thioether (sulfide) groups is 1. The first-order valence-corrected chi connectivity index (χ1v) is 12.3. The van der Waals surface area contributed by atoms with Crippen LogP contribution in [0.25, 0.3) is 11.7 Å². The molecule has 0 saturated carbocycles. The normalized spacial score (nSPS) is 15.2. The lowest BCUT2D eigenvalue weighted by molar-refractivity contribution is -0.132. The van der Waals surface area contributed by atoms with Crippen LogP contribution in [-0.2, 0) is 16.0 Å². The van der Waals surface area contributed by atoms with Gasteiger partial charge in [0.25, 0.3) is 5.91 Å². The van der Waals surface area contributed by atoms with E-state index in [-0.39, 0.29) is 30.3 Å². The third kappa shape index (κ3) is 5.21. The zero-order valence-electron chi connectivity index (χ0n) is 19.4. The summed E-state index contributed by atoms with van der Waals surface area (Å²) in [7, 11) is 0. The number of hydrogen-bond donors (Lipinski definition) is 1. The summed E-state index contributed by atoms with van der Waals surface area (Å²) in [5.41, 5.74) is 4.44. The molecule has 0 radical (unpaired) electrons. The molecule has 0 atom stereocenters. The highest BCUT2D eigenvalue weighted by Crippen LogP contribution is 2.35. The summed E-state index contributed by atoms with van der Waals surface area (Å²) < 4.78 is 2.08. The molecule has 0 bridgehead atoms. The van der Waals surface area contributed by atoms with Crippen molar-refractivity contribution in [2.24, 2.45) is 0 Å². The molecule has 7 nitrogen and oxygen atoms in total. The summed E-state index contributed by atoms with van der Waals surface area (Å²) in [5, 5.41) is 13.1. The Bertz CT molecular complexity index is 1330. The van der Waals surface area contributed by atoms with Gasteiger partial charge >= 0.3 is 0 Å². The van der Waals surface area contributed by atoms with E-state index in [1.165, 1.54) is 11.8 Å². The first-order chi connectivity index (χ1) is 16.5. The lowest BCUT2D eigenvalue weighted by Gasteiger charge is -2.32. The van der Waals surface area contributed by atoms with Crippen LogP contribution in [0.15, 0.2) is 52.4 Å². The molecule has 2 aliphatic rings. The second-order valence-corrected chi connectivity index (χ2v) is 9.75. The Morgan fingerprint density at radius 1 is 1.17 bits per heavy atom. The average molecular weight is 508 g/mol. The van der Waals surface area contributed by atoms with Gasteiger partial charge in [-0.1, -0.05) is 30.0 Å². The third-order valence-electron chi connectivity index (χ3n) is 6.43. The fourth-order valence-electron chi connectivity index (χ4n) is 4.51. The molecule has 1 aromatic carbocycles.